The van der Waals surface area contributed by atoms with E-state index in [1.165, 1.54) is 0 Å². The lowest BCUT2D eigenvalue weighted by Crippen LogP contribution is -2.17. The second-order valence-corrected chi connectivity index (χ2v) is 3.86. The van der Waals surface area contributed by atoms with E-state index in [4.69, 9.17) is 16.3 Å². The molecule has 1 aromatic carbocycles. The summed E-state index contributed by atoms with van der Waals surface area (Å²) in [6.07, 6.45) is -0.609. The van der Waals surface area contributed by atoms with Crippen LogP contribution in [0.2, 0.25) is 5.02 Å². The lowest BCUT2D eigenvalue weighted by atomic mass is 10.0. The molecule has 2 N–H and O–H groups in total. The van der Waals surface area contributed by atoms with Crippen LogP contribution >= 0.6 is 11.6 Å². The monoisotopic (exact) mass is 229 g/mol. The predicted octanol–water partition coefficient (Wildman–Crippen LogP) is 1.91. The molecule has 15 heavy (non-hydrogen) atoms. The fraction of sp³-hybridized carbons (Fsp3) is 0.455. The van der Waals surface area contributed by atoms with Gasteiger partial charge in [0.25, 0.3) is 0 Å². The van der Waals surface area contributed by atoms with Gasteiger partial charge < -0.3 is 15.2 Å². The lowest BCUT2D eigenvalue weighted by Gasteiger charge is -2.16. The van der Waals surface area contributed by atoms with Gasteiger partial charge in [0.2, 0.25) is 0 Å². The Morgan fingerprint density at radius 1 is 1.53 bits per heavy atom. The van der Waals surface area contributed by atoms with E-state index < -0.39 is 6.10 Å². The van der Waals surface area contributed by atoms with Crippen molar-refractivity contribution >= 4 is 11.6 Å². The van der Waals surface area contributed by atoms with E-state index in [0.29, 0.717) is 17.3 Å². The van der Waals surface area contributed by atoms with Gasteiger partial charge in [0, 0.05) is 17.1 Å². The number of benzene rings is 1. The molecule has 0 aliphatic rings. The Bertz CT molecular complexity index is 342. The third kappa shape index (κ3) is 2.84. The maximum absolute atomic E-state index is 9.88. The normalized spacial score (nSPS) is 12.6. The van der Waals surface area contributed by atoms with E-state index in [-0.39, 0.29) is 0 Å². The lowest BCUT2D eigenvalue weighted by molar-refractivity contribution is 0.173. The van der Waals surface area contributed by atoms with Crippen molar-refractivity contribution in [3.8, 4) is 5.75 Å². The van der Waals surface area contributed by atoms with E-state index in [2.05, 4.69) is 5.32 Å². The molecule has 0 heterocycles. The van der Waals surface area contributed by atoms with Crippen LogP contribution in [0.5, 0.6) is 5.75 Å². The minimum atomic E-state index is -0.609. The zero-order chi connectivity index (χ0) is 11.4. The average Bonchev–Trinajstić information content (AvgIpc) is 2.17. The first kappa shape index (κ1) is 12.3. The van der Waals surface area contributed by atoms with Crippen LogP contribution in [0.3, 0.4) is 0 Å². The van der Waals surface area contributed by atoms with E-state index in [0.717, 1.165) is 11.1 Å². The molecule has 0 radical (unpaired) electrons. The highest BCUT2D eigenvalue weighted by Gasteiger charge is 2.15. The molecule has 0 aliphatic carbocycles. The highest BCUT2D eigenvalue weighted by atomic mass is 35.5. The molecule has 1 rings (SSSR count). The molecule has 0 spiro atoms. The Kier molecular flexibility index (Phi) is 4.39. The first-order chi connectivity index (χ1) is 7.10. The standard InChI is InChI=1S/C11H16ClNO2/c1-7-4-8(12)5-9(11(7)15-3)10(14)6-13-2/h4-5,10,13-14H,6H2,1-3H3. The van der Waals surface area contributed by atoms with E-state index in [1.807, 2.05) is 13.0 Å². The largest absolute Gasteiger partial charge is 0.496 e. The van der Waals surface area contributed by atoms with E-state index in [9.17, 15) is 5.11 Å². The summed E-state index contributed by atoms with van der Waals surface area (Å²) >= 11 is 5.94. The molecule has 0 saturated heterocycles. The molecule has 4 heteroatoms. The molecular weight excluding hydrogens is 214 g/mol. The number of hydrogen-bond donors (Lipinski definition) is 2. The summed E-state index contributed by atoms with van der Waals surface area (Å²) in [6, 6.07) is 3.55. The number of likely N-dealkylation sites (N-methyl/N-ethyl adjacent to an activating group) is 1. The maximum Gasteiger partial charge on any atom is 0.127 e. The van der Waals surface area contributed by atoms with Gasteiger partial charge in [-0.1, -0.05) is 11.6 Å². The highest BCUT2D eigenvalue weighted by molar-refractivity contribution is 6.30. The number of rotatable bonds is 4. The Morgan fingerprint density at radius 3 is 2.73 bits per heavy atom. The quantitative estimate of drug-likeness (QED) is 0.829. The summed E-state index contributed by atoms with van der Waals surface area (Å²) in [5, 5.41) is 13.4. The molecule has 0 saturated carbocycles. The smallest absolute Gasteiger partial charge is 0.127 e. The second-order valence-electron chi connectivity index (χ2n) is 3.42. The molecule has 0 aromatic heterocycles. The van der Waals surface area contributed by atoms with Gasteiger partial charge in [-0.15, -0.1) is 0 Å². The molecule has 0 aliphatic heterocycles. The summed E-state index contributed by atoms with van der Waals surface area (Å²) < 4.78 is 5.25. The molecule has 1 unspecified atom stereocenters. The number of hydrogen-bond acceptors (Lipinski definition) is 3. The molecule has 84 valence electrons. The molecule has 1 aromatic rings. The molecule has 0 bridgehead atoms. The summed E-state index contributed by atoms with van der Waals surface area (Å²) in [6.45, 7) is 2.37. The van der Waals surface area contributed by atoms with Gasteiger partial charge in [-0.2, -0.15) is 0 Å². The third-order valence-corrected chi connectivity index (χ3v) is 2.45. The SMILES string of the molecule is CNCC(O)c1cc(Cl)cc(C)c1OC. The van der Waals surface area contributed by atoms with Crippen molar-refractivity contribution in [2.75, 3.05) is 20.7 Å². The summed E-state index contributed by atoms with van der Waals surface area (Å²) in [5.74, 6) is 0.696. The van der Waals surface area contributed by atoms with Crippen LogP contribution in [0.1, 0.15) is 17.2 Å². The molecule has 0 fully saturated rings. The topological polar surface area (TPSA) is 41.5 Å². The number of ether oxygens (including phenoxy) is 1. The van der Waals surface area contributed by atoms with Gasteiger partial charge >= 0.3 is 0 Å². The van der Waals surface area contributed by atoms with Gasteiger partial charge in [-0.05, 0) is 31.7 Å². The Hall–Kier alpha value is -0.770. The van der Waals surface area contributed by atoms with Crippen LogP contribution in [-0.2, 0) is 0 Å². The van der Waals surface area contributed by atoms with Gasteiger partial charge in [-0.3, -0.25) is 0 Å². The molecule has 3 nitrogen and oxygen atoms in total. The van der Waals surface area contributed by atoms with E-state index >= 15 is 0 Å². The van der Waals surface area contributed by atoms with Gasteiger partial charge in [-0.25, -0.2) is 0 Å². The molecule has 0 amide bonds. The van der Waals surface area contributed by atoms with Crippen molar-refractivity contribution in [3.05, 3.63) is 28.3 Å². The van der Waals surface area contributed by atoms with Gasteiger partial charge in [0.15, 0.2) is 0 Å². The molecule has 1 atom stereocenters. The van der Waals surface area contributed by atoms with Crippen molar-refractivity contribution in [2.24, 2.45) is 0 Å². The predicted molar refractivity (Wildman–Crippen MR) is 61.6 cm³/mol. The van der Waals surface area contributed by atoms with Crippen molar-refractivity contribution in [2.45, 2.75) is 13.0 Å². The van der Waals surface area contributed by atoms with Crippen LogP contribution in [0.25, 0.3) is 0 Å². The number of methoxy groups -OCH3 is 1. The molecular formula is C11H16ClNO2. The van der Waals surface area contributed by atoms with Crippen LogP contribution in [0, 0.1) is 6.92 Å². The number of halogens is 1. The first-order valence-electron chi connectivity index (χ1n) is 4.76. The number of nitrogens with one attached hydrogen (secondary N) is 1. The van der Waals surface area contributed by atoms with Crippen molar-refractivity contribution in [1.82, 2.24) is 5.32 Å². The second kappa shape index (κ2) is 5.35. The highest BCUT2D eigenvalue weighted by Crippen LogP contribution is 2.31. The van der Waals surface area contributed by atoms with Crippen LogP contribution in [-0.4, -0.2) is 25.8 Å². The van der Waals surface area contributed by atoms with Crippen molar-refractivity contribution < 1.29 is 9.84 Å². The minimum Gasteiger partial charge on any atom is -0.496 e. The number of aryl methyl sites for hydroxylation is 1. The fourth-order valence-corrected chi connectivity index (χ4v) is 1.87. The Balaban J connectivity index is 3.13. The van der Waals surface area contributed by atoms with Crippen LogP contribution in [0.4, 0.5) is 0 Å². The van der Waals surface area contributed by atoms with Crippen LogP contribution < -0.4 is 10.1 Å². The zero-order valence-corrected chi connectivity index (χ0v) is 9.93. The maximum atomic E-state index is 9.88. The number of aliphatic hydroxyl groups excluding tert-OH is 1. The number of aliphatic hydroxyl groups is 1. The summed E-state index contributed by atoms with van der Waals surface area (Å²) in [7, 11) is 3.37. The fourth-order valence-electron chi connectivity index (χ4n) is 1.59. The van der Waals surface area contributed by atoms with Crippen molar-refractivity contribution in [1.29, 1.82) is 0 Å². The van der Waals surface area contributed by atoms with E-state index in [1.54, 1.807) is 20.2 Å². The first-order valence-corrected chi connectivity index (χ1v) is 5.14. The summed E-state index contributed by atoms with van der Waals surface area (Å²) in [5.41, 5.74) is 1.65. The van der Waals surface area contributed by atoms with Gasteiger partial charge in [0.1, 0.15) is 5.75 Å². The average molecular weight is 230 g/mol. The Morgan fingerprint density at radius 2 is 2.20 bits per heavy atom. The minimum absolute atomic E-state index is 0.468. The van der Waals surface area contributed by atoms with Gasteiger partial charge in [0.05, 0.1) is 13.2 Å². The van der Waals surface area contributed by atoms with Crippen molar-refractivity contribution in [3.63, 3.8) is 0 Å². The summed E-state index contributed by atoms with van der Waals surface area (Å²) in [4.78, 5) is 0. The Labute approximate surface area is 95.0 Å². The third-order valence-electron chi connectivity index (χ3n) is 2.23. The zero-order valence-electron chi connectivity index (χ0n) is 9.17. The van der Waals surface area contributed by atoms with Crippen LogP contribution in [0.15, 0.2) is 12.1 Å².